The number of amides is 2. The van der Waals surface area contributed by atoms with Crippen LogP contribution in [-0.2, 0) is 11.8 Å². The van der Waals surface area contributed by atoms with E-state index in [1.54, 1.807) is 0 Å². The molecule has 27 heavy (non-hydrogen) atoms. The zero-order valence-electron chi connectivity index (χ0n) is 14.9. The van der Waals surface area contributed by atoms with Gasteiger partial charge in [0.15, 0.2) is 5.69 Å². The number of aromatic carboxylic acids is 1. The summed E-state index contributed by atoms with van der Waals surface area (Å²) in [5, 5.41) is 15.5. The SMILES string of the molecule is CCCOC(=O)c1c(NC(=O)c2nn(C)cc2C(=O)O)sc(C(N)=O)c1C. The predicted molar refractivity (Wildman–Crippen MR) is 96.3 cm³/mol. The van der Waals surface area contributed by atoms with Crippen LogP contribution < -0.4 is 11.1 Å². The minimum atomic E-state index is -1.32. The number of aromatic nitrogens is 2. The average molecular weight is 394 g/mol. The van der Waals surface area contributed by atoms with Gasteiger partial charge in [-0.05, 0) is 18.9 Å². The number of carbonyl (C=O) groups excluding carboxylic acids is 3. The molecule has 0 saturated carbocycles. The molecule has 2 aromatic rings. The second-order valence-corrected chi connectivity index (χ2v) is 6.61. The van der Waals surface area contributed by atoms with Crippen molar-refractivity contribution in [3.05, 3.63) is 33.5 Å². The molecule has 0 unspecified atom stereocenters. The molecule has 10 nitrogen and oxygen atoms in total. The summed E-state index contributed by atoms with van der Waals surface area (Å²) in [6.07, 6.45) is 1.78. The first-order valence-electron chi connectivity index (χ1n) is 7.85. The van der Waals surface area contributed by atoms with Gasteiger partial charge in [-0.25, -0.2) is 9.59 Å². The van der Waals surface area contributed by atoms with Crippen molar-refractivity contribution in [1.29, 1.82) is 0 Å². The summed E-state index contributed by atoms with van der Waals surface area (Å²) in [6.45, 7) is 3.49. The molecular weight excluding hydrogens is 376 g/mol. The van der Waals surface area contributed by atoms with Crippen LogP contribution in [0.5, 0.6) is 0 Å². The van der Waals surface area contributed by atoms with E-state index >= 15 is 0 Å². The molecule has 0 fully saturated rings. The lowest BCUT2D eigenvalue weighted by molar-refractivity contribution is 0.0505. The van der Waals surface area contributed by atoms with E-state index in [1.807, 2.05) is 6.92 Å². The summed E-state index contributed by atoms with van der Waals surface area (Å²) < 4.78 is 6.28. The summed E-state index contributed by atoms with van der Waals surface area (Å²) in [5.41, 5.74) is 4.98. The zero-order valence-corrected chi connectivity index (χ0v) is 15.7. The Morgan fingerprint density at radius 3 is 2.59 bits per heavy atom. The van der Waals surface area contributed by atoms with Gasteiger partial charge >= 0.3 is 11.9 Å². The smallest absolute Gasteiger partial charge is 0.341 e. The van der Waals surface area contributed by atoms with Gasteiger partial charge in [0.05, 0.1) is 17.0 Å². The number of esters is 1. The first kappa shape index (κ1) is 20.1. The fourth-order valence-electron chi connectivity index (χ4n) is 2.32. The van der Waals surface area contributed by atoms with E-state index in [1.165, 1.54) is 24.9 Å². The van der Waals surface area contributed by atoms with E-state index < -0.39 is 23.8 Å². The summed E-state index contributed by atoms with van der Waals surface area (Å²) in [6, 6.07) is 0. The van der Waals surface area contributed by atoms with Crippen molar-refractivity contribution < 1.29 is 29.0 Å². The third-order valence-electron chi connectivity index (χ3n) is 3.51. The maximum Gasteiger partial charge on any atom is 0.341 e. The van der Waals surface area contributed by atoms with E-state index in [-0.39, 0.29) is 38.9 Å². The van der Waals surface area contributed by atoms with Crippen LogP contribution in [0.4, 0.5) is 5.00 Å². The van der Waals surface area contributed by atoms with E-state index in [0.29, 0.717) is 6.42 Å². The van der Waals surface area contributed by atoms with Crippen LogP contribution in [0.3, 0.4) is 0 Å². The summed E-state index contributed by atoms with van der Waals surface area (Å²) in [5.74, 6) is -3.63. The second-order valence-electron chi connectivity index (χ2n) is 5.58. The first-order chi connectivity index (χ1) is 12.7. The average Bonchev–Trinajstić information content (AvgIpc) is 3.13. The molecule has 0 saturated heterocycles. The van der Waals surface area contributed by atoms with Crippen molar-refractivity contribution in [3.63, 3.8) is 0 Å². The minimum Gasteiger partial charge on any atom is -0.478 e. The third kappa shape index (κ3) is 4.14. The first-order valence-corrected chi connectivity index (χ1v) is 8.67. The fraction of sp³-hybridized carbons (Fsp3) is 0.312. The maximum absolute atomic E-state index is 12.5. The largest absolute Gasteiger partial charge is 0.478 e. The summed E-state index contributed by atoms with van der Waals surface area (Å²) in [7, 11) is 1.47. The van der Waals surface area contributed by atoms with E-state index in [4.69, 9.17) is 10.5 Å². The number of aryl methyl sites for hydroxylation is 1. The number of anilines is 1. The van der Waals surface area contributed by atoms with Crippen molar-refractivity contribution in [1.82, 2.24) is 9.78 Å². The Bertz CT molecular complexity index is 930. The molecule has 2 aromatic heterocycles. The normalized spacial score (nSPS) is 10.5. The standard InChI is InChI=1S/C16H18N4O6S/c1-4-5-26-16(25)9-7(2)11(12(17)21)27-14(9)18-13(22)10-8(15(23)24)6-20(3)19-10/h6H,4-5H2,1-3H3,(H2,17,21)(H,18,22)(H,23,24). The van der Waals surface area contributed by atoms with Gasteiger partial charge in [-0.15, -0.1) is 11.3 Å². The number of nitrogens with zero attached hydrogens (tertiary/aromatic N) is 2. The Hall–Kier alpha value is -3.21. The molecule has 0 bridgehead atoms. The molecule has 2 heterocycles. The minimum absolute atomic E-state index is 0.00315. The Morgan fingerprint density at radius 2 is 2.04 bits per heavy atom. The van der Waals surface area contributed by atoms with Gasteiger partial charge in [0.2, 0.25) is 0 Å². The number of hydrogen-bond acceptors (Lipinski definition) is 7. The Balaban J connectivity index is 2.44. The highest BCUT2D eigenvalue weighted by Crippen LogP contribution is 2.34. The molecule has 0 spiro atoms. The quantitative estimate of drug-likeness (QED) is 0.600. The van der Waals surface area contributed by atoms with Gasteiger partial charge < -0.3 is 20.9 Å². The van der Waals surface area contributed by atoms with Crippen molar-refractivity contribution in [2.45, 2.75) is 20.3 Å². The molecule has 0 aromatic carbocycles. The third-order valence-corrected chi connectivity index (χ3v) is 4.74. The molecular formula is C16H18N4O6S. The number of hydrogen-bond donors (Lipinski definition) is 3. The van der Waals surface area contributed by atoms with Gasteiger partial charge in [0, 0.05) is 13.2 Å². The van der Waals surface area contributed by atoms with Crippen LogP contribution in [0.15, 0.2) is 6.20 Å². The van der Waals surface area contributed by atoms with Gasteiger partial charge in [-0.2, -0.15) is 5.10 Å². The van der Waals surface area contributed by atoms with E-state index in [2.05, 4.69) is 10.4 Å². The van der Waals surface area contributed by atoms with Crippen LogP contribution in [0.25, 0.3) is 0 Å². The van der Waals surface area contributed by atoms with Crippen molar-refractivity contribution in [3.8, 4) is 0 Å². The molecule has 11 heteroatoms. The monoisotopic (exact) mass is 394 g/mol. The van der Waals surface area contributed by atoms with E-state index in [9.17, 15) is 24.3 Å². The number of rotatable bonds is 7. The summed E-state index contributed by atoms with van der Waals surface area (Å²) >= 11 is 0.811. The lowest BCUT2D eigenvalue weighted by atomic mass is 10.1. The second kappa shape index (κ2) is 7.99. The van der Waals surface area contributed by atoms with Gasteiger partial charge in [0.1, 0.15) is 10.6 Å². The van der Waals surface area contributed by atoms with Crippen LogP contribution in [0.1, 0.15) is 59.8 Å². The number of nitrogens with one attached hydrogen (secondary N) is 1. The number of carboxylic acid groups (broad SMARTS) is 1. The van der Waals surface area contributed by atoms with Crippen molar-refractivity contribution >= 4 is 40.1 Å². The van der Waals surface area contributed by atoms with Gasteiger partial charge in [-0.1, -0.05) is 6.92 Å². The predicted octanol–water partition coefficient (Wildman–Crippen LogP) is 1.41. The molecule has 0 aliphatic rings. The maximum atomic E-state index is 12.5. The summed E-state index contributed by atoms with van der Waals surface area (Å²) in [4.78, 5) is 47.8. The van der Waals surface area contributed by atoms with Gasteiger partial charge in [-0.3, -0.25) is 14.3 Å². The van der Waals surface area contributed by atoms with Crippen molar-refractivity contribution in [2.24, 2.45) is 12.8 Å². The molecule has 0 radical (unpaired) electrons. The molecule has 0 aliphatic carbocycles. The molecule has 2 amide bonds. The van der Waals surface area contributed by atoms with Gasteiger partial charge in [0.25, 0.3) is 11.8 Å². The zero-order chi connectivity index (χ0) is 20.3. The molecule has 0 aliphatic heterocycles. The number of ether oxygens (including phenoxy) is 1. The Labute approximate surface area is 157 Å². The van der Waals surface area contributed by atoms with Crippen LogP contribution >= 0.6 is 11.3 Å². The highest BCUT2D eigenvalue weighted by atomic mass is 32.1. The number of primary amides is 1. The molecule has 2 rings (SSSR count). The van der Waals surface area contributed by atoms with Crippen molar-refractivity contribution in [2.75, 3.05) is 11.9 Å². The number of carboxylic acids is 1. The van der Waals surface area contributed by atoms with Crippen LogP contribution in [0, 0.1) is 6.92 Å². The molecule has 144 valence electrons. The lowest BCUT2D eigenvalue weighted by Crippen LogP contribution is -2.18. The highest BCUT2D eigenvalue weighted by molar-refractivity contribution is 7.18. The molecule has 4 N–H and O–H groups in total. The Kier molecular flexibility index (Phi) is 5.95. The van der Waals surface area contributed by atoms with Crippen LogP contribution in [0.2, 0.25) is 0 Å². The van der Waals surface area contributed by atoms with E-state index in [0.717, 1.165) is 11.3 Å². The number of thiophene rings is 1. The number of nitrogens with two attached hydrogens (primary N) is 1. The lowest BCUT2D eigenvalue weighted by Gasteiger charge is -2.07. The highest BCUT2D eigenvalue weighted by Gasteiger charge is 2.28. The Morgan fingerprint density at radius 1 is 1.37 bits per heavy atom. The fourth-order valence-corrected chi connectivity index (χ4v) is 3.37. The number of carbonyl (C=O) groups is 4. The topological polar surface area (TPSA) is 154 Å². The van der Waals surface area contributed by atoms with Crippen LogP contribution in [-0.4, -0.2) is 45.2 Å². The molecule has 0 atom stereocenters.